The van der Waals surface area contributed by atoms with Gasteiger partial charge < -0.3 is 10.2 Å². The minimum absolute atomic E-state index is 0.0787. The summed E-state index contributed by atoms with van der Waals surface area (Å²) < 4.78 is 0. The van der Waals surface area contributed by atoms with Gasteiger partial charge in [-0.05, 0) is 85.0 Å². The van der Waals surface area contributed by atoms with E-state index in [2.05, 4.69) is 13.0 Å². The van der Waals surface area contributed by atoms with Crippen LogP contribution in [-0.4, -0.2) is 16.3 Å². The van der Waals surface area contributed by atoms with Crippen molar-refractivity contribution in [2.75, 3.05) is 0 Å². The average molecular weight is 272 g/mol. The first-order valence-electron chi connectivity index (χ1n) is 8.07. The van der Waals surface area contributed by atoms with Crippen molar-refractivity contribution in [2.45, 2.75) is 57.5 Å². The standard InChI is InChI=1S/C18H24O2/c1-18-7-6-15-14-5-3-12(19)8-11(14)2-4-16(15)17(18)9-13(20)10-18/h3,5,8,13,15-17,19-20H,2,4,6-7,9-10H2,1H3/t13-,15+,16+,17-,18+/m0/s1. The van der Waals surface area contributed by atoms with Gasteiger partial charge in [-0.25, -0.2) is 0 Å². The number of phenolic OH excluding ortho intramolecular Hbond substituents is 1. The Morgan fingerprint density at radius 1 is 1.25 bits per heavy atom. The third kappa shape index (κ3) is 1.74. The van der Waals surface area contributed by atoms with Crippen molar-refractivity contribution in [3.8, 4) is 5.75 Å². The molecule has 0 saturated heterocycles. The number of hydrogen-bond acceptors (Lipinski definition) is 2. The number of phenols is 1. The highest BCUT2D eigenvalue weighted by atomic mass is 16.3. The largest absolute Gasteiger partial charge is 0.508 e. The van der Waals surface area contributed by atoms with Crippen LogP contribution in [0.5, 0.6) is 5.75 Å². The van der Waals surface area contributed by atoms with Crippen LogP contribution < -0.4 is 0 Å². The summed E-state index contributed by atoms with van der Waals surface area (Å²) in [7, 11) is 0. The number of aliphatic hydroxyl groups excluding tert-OH is 1. The third-order valence-corrected chi connectivity index (χ3v) is 6.46. The molecule has 0 bridgehead atoms. The fourth-order valence-corrected chi connectivity index (χ4v) is 5.59. The van der Waals surface area contributed by atoms with E-state index in [4.69, 9.17) is 0 Å². The van der Waals surface area contributed by atoms with Gasteiger partial charge in [-0.15, -0.1) is 0 Å². The summed E-state index contributed by atoms with van der Waals surface area (Å²) in [6.45, 7) is 2.40. The minimum atomic E-state index is -0.0787. The van der Waals surface area contributed by atoms with Gasteiger partial charge in [0.2, 0.25) is 0 Å². The van der Waals surface area contributed by atoms with Crippen molar-refractivity contribution in [2.24, 2.45) is 17.3 Å². The topological polar surface area (TPSA) is 40.5 Å². The summed E-state index contributed by atoms with van der Waals surface area (Å²) >= 11 is 0. The molecule has 2 nitrogen and oxygen atoms in total. The van der Waals surface area contributed by atoms with Gasteiger partial charge in [0, 0.05) is 0 Å². The van der Waals surface area contributed by atoms with Crippen LogP contribution >= 0.6 is 0 Å². The molecule has 0 aromatic heterocycles. The highest BCUT2D eigenvalue weighted by Gasteiger charge is 2.52. The van der Waals surface area contributed by atoms with Gasteiger partial charge in [-0.2, -0.15) is 0 Å². The van der Waals surface area contributed by atoms with Gasteiger partial charge in [0.05, 0.1) is 6.10 Å². The monoisotopic (exact) mass is 272 g/mol. The Morgan fingerprint density at radius 2 is 2.10 bits per heavy atom. The normalized spacial score (nSPS) is 42.7. The first kappa shape index (κ1) is 12.7. The average Bonchev–Trinajstić information content (AvgIpc) is 2.72. The summed E-state index contributed by atoms with van der Waals surface area (Å²) in [6.07, 6.45) is 6.75. The van der Waals surface area contributed by atoms with Crippen LogP contribution in [0.4, 0.5) is 0 Å². The second-order valence-electron chi connectivity index (χ2n) is 7.58. The van der Waals surface area contributed by atoms with E-state index in [9.17, 15) is 10.2 Å². The molecule has 108 valence electrons. The predicted octanol–water partition coefficient (Wildman–Crippen LogP) is 3.61. The highest BCUT2D eigenvalue weighted by Crippen LogP contribution is 2.60. The molecule has 2 fully saturated rings. The third-order valence-electron chi connectivity index (χ3n) is 6.46. The van der Waals surface area contributed by atoms with Crippen molar-refractivity contribution >= 4 is 0 Å². The number of hydrogen-bond donors (Lipinski definition) is 2. The van der Waals surface area contributed by atoms with E-state index in [1.54, 1.807) is 0 Å². The van der Waals surface area contributed by atoms with Crippen LogP contribution in [0.15, 0.2) is 18.2 Å². The maximum Gasteiger partial charge on any atom is 0.115 e. The zero-order valence-electron chi connectivity index (χ0n) is 12.2. The molecule has 5 atom stereocenters. The van der Waals surface area contributed by atoms with Crippen molar-refractivity contribution in [3.63, 3.8) is 0 Å². The van der Waals surface area contributed by atoms with Gasteiger partial charge in [0.1, 0.15) is 5.75 Å². The molecule has 1 aromatic rings. The van der Waals surface area contributed by atoms with Gasteiger partial charge in [-0.1, -0.05) is 13.0 Å². The minimum Gasteiger partial charge on any atom is -0.508 e. The van der Waals surface area contributed by atoms with Crippen LogP contribution in [0, 0.1) is 17.3 Å². The van der Waals surface area contributed by atoms with E-state index >= 15 is 0 Å². The van der Waals surface area contributed by atoms with Gasteiger partial charge in [0.15, 0.2) is 0 Å². The Kier molecular flexibility index (Phi) is 2.69. The van der Waals surface area contributed by atoms with Crippen LogP contribution in [0.2, 0.25) is 0 Å². The molecule has 3 aliphatic carbocycles. The second-order valence-corrected chi connectivity index (χ2v) is 7.58. The van der Waals surface area contributed by atoms with Gasteiger partial charge in [0.25, 0.3) is 0 Å². The molecule has 2 saturated carbocycles. The maximum atomic E-state index is 10.1. The molecule has 0 amide bonds. The lowest BCUT2D eigenvalue weighted by Crippen LogP contribution is -2.39. The van der Waals surface area contributed by atoms with E-state index < -0.39 is 0 Å². The summed E-state index contributed by atoms with van der Waals surface area (Å²) in [4.78, 5) is 0. The number of fused-ring (bicyclic) bond motifs is 5. The summed E-state index contributed by atoms with van der Waals surface area (Å²) in [6, 6.07) is 5.96. The number of aromatic hydroxyl groups is 1. The van der Waals surface area contributed by atoms with Crippen molar-refractivity contribution in [1.82, 2.24) is 0 Å². The number of aryl methyl sites for hydroxylation is 1. The Bertz CT molecular complexity index is 538. The number of rotatable bonds is 0. The Hall–Kier alpha value is -1.02. The molecule has 2 heteroatoms. The first-order valence-corrected chi connectivity index (χ1v) is 8.07. The summed E-state index contributed by atoms with van der Waals surface area (Å²) in [5.74, 6) is 2.49. The summed E-state index contributed by atoms with van der Waals surface area (Å²) in [5.41, 5.74) is 3.20. The molecule has 0 radical (unpaired) electrons. The quantitative estimate of drug-likeness (QED) is 0.757. The zero-order chi connectivity index (χ0) is 13.9. The van der Waals surface area contributed by atoms with E-state index in [0.29, 0.717) is 23.0 Å². The molecule has 20 heavy (non-hydrogen) atoms. The molecule has 1 aromatic carbocycles. The smallest absolute Gasteiger partial charge is 0.115 e. The molecular formula is C18H24O2. The van der Waals surface area contributed by atoms with E-state index in [1.807, 2.05) is 12.1 Å². The maximum absolute atomic E-state index is 10.1. The molecule has 0 heterocycles. The van der Waals surface area contributed by atoms with Crippen LogP contribution in [0.1, 0.15) is 56.1 Å². The lowest BCUT2D eigenvalue weighted by Gasteiger charge is -2.49. The molecular weight excluding hydrogens is 248 g/mol. The SMILES string of the molecule is C[C@]12CC[C@@H]3c4ccc(O)cc4CC[C@H]3[C@@H]1C[C@H](O)C2. The Labute approximate surface area is 120 Å². The lowest BCUT2D eigenvalue weighted by atomic mass is 9.56. The first-order chi connectivity index (χ1) is 9.57. The molecule has 0 spiro atoms. The molecule has 0 aliphatic heterocycles. The summed E-state index contributed by atoms with van der Waals surface area (Å²) in [5, 5.41) is 19.8. The number of benzene rings is 1. The van der Waals surface area contributed by atoms with E-state index in [1.165, 1.54) is 30.4 Å². The molecule has 2 N–H and O–H groups in total. The fraction of sp³-hybridized carbons (Fsp3) is 0.667. The van der Waals surface area contributed by atoms with Gasteiger partial charge >= 0.3 is 0 Å². The predicted molar refractivity (Wildman–Crippen MR) is 78.7 cm³/mol. The fourth-order valence-electron chi connectivity index (χ4n) is 5.59. The van der Waals surface area contributed by atoms with Crippen LogP contribution in [0.3, 0.4) is 0 Å². The highest BCUT2D eigenvalue weighted by molar-refractivity contribution is 5.40. The van der Waals surface area contributed by atoms with Crippen LogP contribution in [0.25, 0.3) is 0 Å². The van der Waals surface area contributed by atoms with Crippen LogP contribution in [-0.2, 0) is 6.42 Å². The van der Waals surface area contributed by atoms with E-state index in [-0.39, 0.29) is 6.10 Å². The molecule has 4 rings (SSSR count). The Balaban J connectivity index is 1.70. The molecule has 0 unspecified atom stereocenters. The number of aliphatic hydroxyl groups is 1. The van der Waals surface area contributed by atoms with Crippen molar-refractivity contribution < 1.29 is 10.2 Å². The van der Waals surface area contributed by atoms with Crippen molar-refractivity contribution in [3.05, 3.63) is 29.3 Å². The van der Waals surface area contributed by atoms with Crippen molar-refractivity contribution in [1.29, 1.82) is 0 Å². The second kappa shape index (κ2) is 4.24. The zero-order valence-corrected chi connectivity index (χ0v) is 12.2. The van der Waals surface area contributed by atoms with Gasteiger partial charge in [-0.3, -0.25) is 0 Å². The van der Waals surface area contributed by atoms with E-state index in [0.717, 1.165) is 25.2 Å². The Morgan fingerprint density at radius 3 is 2.95 bits per heavy atom. The molecule has 3 aliphatic rings. The lowest BCUT2D eigenvalue weighted by molar-refractivity contribution is 0.0596.